The number of ether oxygens (including phenoxy) is 1. The largest absolute Gasteiger partial charge is 0.495 e. The molecule has 1 aromatic heterocycles. The van der Waals surface area contributed by atoms with Crippen molar-refractivity contribution in [3.63, 3.8) is 0 Å². The highest BCUT2D eigenvalue weighted by molar-refractivity contribution is 5.39. The van der Waals surface area contributed by atoms with Gasteiger partial charge in [0.2, 0.25) is 0 Å². The monoisotopic (exact) mass is 159 g/mol. The van der Waals surface area contributed by atoms with Gasteiger partial charge >= 0.3 is 0 Å². The van der Waals surface area contributed by atoms with Crippen LogP contribution in [0.1, 0.15) is 5.56 Å². The Balaban J connectivity index is 2.88. The van der Waals surface area contributed by atoms with Crippen LogP contribution in [0.15, 0.2) is 6.20 Å². The molecule has 0 bridgehead atoms. The number of hydrogen-bond acceptors (Lipinski definition) is 4. The van der Waals surface area contributed by atoms with Gasteiger partial charge in [-0.05, 0) is 6.08 Å². The third-order valence-corrected chi connectivity index (χ3v) is 1.62. The van der Waals surface area contributed by atoms with Crippen molar-refractivity contribution in [1.29, 1.82) is 5.26 Å². The Morgan fingerprint density at radius 3 is 3.33 bits per heavy atom. The van der Waals surface area contributed by atoms with Gasteiger partial charge in [-0.3, -0.25) is 0 Å². The van der Waals surface area contributed by atoms with Crippen LogP contribution in [0.3, 0.4) is 0 Å². The lowest BCUT2D eigenvalue weighted by Crippen LogP contribution is -2.34. The maximum Gasteiger partial charge on any atom is 0.128 e. The Kier molecular flexibility index (Phi) is 1.49. The van der Waals surface area contributed by atoms with Crippen LogP contribution in [-0.2, 0) is 4.74 Å². The van der Waals surface area contributed by atoms with Crippen molar-refractivity contribution in [3.8, 4) is 6.07 Å². The summed E-state index contributed by atoms with van der Waals surface area (Å²) in [5.74, 6) is 0. The van der Waals surface area contributed by atoms with Crippen LogP contribution in [-0.4, -0.2) is 16.8 Å². The van der Waals surface area contributed by atoms with Gasteiger partial charge in [0.1, 0.15) is 24.3 Å². The van der Waals surface area contributed by atoms with Gasteiger partial charge in [0.25, 0.3) is 0 Å². The fourth-order valence-corrected chi connectivity index (χ4v) is 1.06. The summed E-state index contributed by atoms with van der Waals surface area (Å²) in [4.78, 5) is 0. The molecule has 1 aliphatic heterocycles. The van der Waals surface area contributed by atoms with Gasteiger partial charge in [0, 0.05) is 5.22 Å². The summed E-state index contributed by atoms with van der Waals surface area (Å²) in [7, 11) is 0. The summed E-state index contributed by atoms with van der Waals surface area (Å²) in [5.41, 5.74) is 0.541. The van der Waals surface area contributed by atoms with Gasteiger partial charge < -0.3 is 4.74 Å². The molecule has 0 N–H and O–H groups in total. The van der Waals surface area contributed by atoms with Gasteiger partial charge in [0.15, 0.2) is 0 Å². The van der Waals surface area contributed by atoms with Crippen LogP contribution < -0.4 is 10.6 Å². The summed E-state index contributed by atoms with van der Waals surface area (Å²) in [6.45, 7) is 0.493. The molecule has 1 aromatic rings. The summed E-state index contributed by atoms with van der Waals surface area (Å²) >= 11 is 0. The van der Waals surface area contributed by atoms with E-state index in [-0.39, 0.29) is 0 Å². The highest BCUT2D eigenvalue weighted by Gasteiger charge is 2.00. The lowest BCUT2D eigenvalue weighted by Gasteiger charge is -2.00. The van der Waals surface area contributed by atoms with Crippen molar-refractivity contribution in [1.82, 2.24) is 10.2 Å². The molecular formula is C8H5N3O. The van der Waals surface area contributed by atoms with Gasteiger partial charge in [-0.2, -0.15) is 10.4 Å². The van der Waals surface area contributed by atoms with Gasteiger partial charge in [-0.1, -0.05) is 0 Å². The Hall–Kier alpha value is -1.89. The quantitative estimate of drug-likeness (QED) is 0.482. The Morgan fingerprint density at radius 2 is 2.50 bits per heavy atom. The van der Waals surface area contributed by atoms with E-state index in [0.29, 0.717) is 17.5 Å². The third kappa shape index (κ3) is 0.920. The number of nitrogens with zero attached hydrogens (tertiary/aromatic N) is 3. The molecule has 0 saturated heterocycles. The van der Waals surface area contributed by atoms with E-state index in [2.05, 4.69) is 10.2 Å². The summed E-state index contributed by atoms with van der Waals surface area (Å²) < 4.78 is 5.00. The van der Waals surface area contributed by atoms with Crippen LogP contribution in [0.5, 0.6) is 0 Å². The van der Waals surface area contributed by atoms with Gasteiger partial charge in [0.05, 0.1) is 11.8 Å². The van der Waals surface area contributed by atoms with E-state index in [4.69, 9.17) is 10.00 Å². The fraction of sp³-hybridized carbons (Fsp3) is 0.125. The molecule has 0 saturated carbocycles. The predicted molar refractivity (Wildman–Crippen MR) is 40.9 cm³/mol. The molecule has 0 fully saturated rings. The molecule has 0 aliphatic carbocycles. The molecule has 2 heterocycles. The highest BCUT2D eigenvalue weighted by Crippen LogP contribution is 1.85. The standard InChI is InChI=1S/C8H5N3O/c9-3-6-4-10-11-8-5-12-2-1-7(6)8/h1,4-5H,2H2. The number of rotatable bonds is 0. The minimum absolute atomic E-state index is 0.493. The second-order valence-electron chi connectivity index (χ2n) is 2.32. The lowest BCUT2D eigenvalue weighted by atomic mass is 10.2. The molecule has 0 atom stereocenters. The summed E-state index contributed by atoms with van der Waals surface area (Å²) in [5, 5.41) is 17.6. The zero-order valence-electron chi connectivity index (χ0n) is 6.19. The molecular weight excluding hydrogens is 154 g/mol. The molecule has 0 unspecified atom stereocenters. The molecule has 58 valence electrons. The summed E-state index contributed by atoms with van der Waals surface area (Å²) in [6.07, 6.45) is 4.79. The highest BCUT2D eigenvalue weighted by atomic mass is 16.5. The minimum Gasteiger partial charge on any atom is -0.495 e. The molecule has 0 amide bonds. The average molecular weight is 159 g/mol. The SMILES string of the molecule is N#Cc1cnnc2c1=CCOC=2. The normalized spacial score (nSPS) is 12.9. The third-order valence-electron chi connectivity index (χ3n) is 1.62. The zero-order chi connectivity index (χ0) is 8.39. The molecule has 2 rings (SSSR count). The van der Waals surface area contributed by atoms with Crippen molar-refractivity contribution in [2.75, 3.05) is 6.61 Å². The molecule has 12 heavy (non-hydrogen) atoms. The predicted octanol–water partition coefficient (Wildman–Crippen LogP) is -1.10. The smallest absolute Gasteiger partial charge is 0.128 e. The van der Waals surface area contributed by atoms with E-state index in [0.717, 1.165) is 5.22 Å². The van der Waals surface area contributed by atoms with Crippen LogP contribution in [0, 0.1) is 11.3 Å². The summed E-state index contributed by atoms with van der Waals surface area (Å²) in [6, 6.07) is 2.05. The second-order valence-corrected chi connectivity index (χ2v) is 2.32. The van der Waals surface area contributed by atoms with Crippen molar-refractivity contribution >= 4 is 12.3 Å². The molecule has 4 nitrogen and oxygen atoms in total. The van der Waals surface area contributed by atoms with Crippen LogP contribution in [0.25, 0.3) is 12.3 Å². The lowest BCUT2D eigenvalue weighted by molar-refractivity contribution is 0.344. The first-order valence-electron chi connectivity index (χ1n) is 3.45. The Labute approximate surface area is 68.4 Å². The van der Waals surface area contributed by atoms with Gasteiger partial charge in [-0.25, -0.2) is 0 Å². The van der Waals surface area contributed by atoms with Crippen LogP contribution in [0.2, 0.25) is 0 Å². The number of fused-ring (bicyclic) bond motifs is 1. The zero-order valence-corrected chi connectivity index (χ0v) is 6.19. The fourth-order valence-electron chi connectivity index (χ4n) is 1.06. The minimum atomic E-state index is 0.493. The van der Waals surface area contributed by atoms with E-state index in [9.17, 15) is 0 Å². The van der Waals surface area contributed by atoms with E-state index >= 15 is 0 Å². The molecule has 0 radical (unpaired) electrons. The number of aromatic nitrogens is 2. The Morgan fingerprint density at radius 1 is 1.58 bits per heavy atom. The molecule has 4 heteroatoms. The molecule has 0 aromatic carbocycles. The number of nitriles is 1. The van der Waals surface area contributed by atoms with E-state index in [1.165, 1.54) is 12.5 Å². The topological polar surface area (TPSA) is 58.8 Å². The van der Waals surface area contributed by atoms with Crippen LogP contribution >= 0.6 is 0 Å². The van der Waals surface area contributed by atoms with E-state index < -0.39 is 0 Å². The second kappa shape index (κ2) is 2.62. The van der Waals surface area contributed by atoms with Crippen molar-refractivity contribution in [2.45, 2.75) is 0 Å². The van der Waals surface area contributed by atoms with Crippen molar-refractivity contribution in [2.24, 2.45) is 0 Å². The molecule has 0 spiro atoms. The molecule has 1 aliphatic rings. The Bertz CT molecular complexity index is 458. The van der Waals surface area contributed by atoms with Crippen molar-refractivity contribution in [3.05, 3.63) is 22.3 Å². The first-order valence-corrected chi connectivity index (χ1v) is 3.45. The maximum atomic E-state index is 8.70. The van der Waals surface area contributed by atoms with Gasteiger partial charge in [-0.15, -0.1) is 5.10 Å². The first-order chi connectivity index (χ1) is 5.92. The van der Waals surface area contributed by atoms with E-state index in [1.807, 2.05) is 12.1 Å². The average Bonchev–Trinajstić information content (AvgIpc) is 2.17. The first kappa shape index (κ1) is 6.80. The van der Waals surface area contributed by atoms with Crippen LogP contribution in [0.4, 0.5) is 0 Å². The number of hydrogen-bond donors (Lipinski definition) is 0. The maximum absolute atomic E-state index is 8.70. The van der Waals surface area contributed by atoms with Crippen molar-refractivity contribution < 1.29 is 4.74 Å². The van der Waals surface area contributed by atoms with E-state index in [1.54, 1.807) is 0 Å².